The van der Waals surface area contributed by atoms with Crippen LogP contribution in [0.15, 0.2) is 34.7 Å². The summed E-state index contributed by atoms with van der Waals surface area (Å²) >= 11 is 0. The van der Waals surface area contributed by atoms with Crippen LogP contribution >= 0.6 is 0 Å². The van der Waals surface area contributed by atoms with E-state index in [1.165, 1.54) is 6.92 Å². The quantitative estimate of drug-likeness (QED) is 0.796. The second kappa shape index (κ2) is 3.10. The maximum Gasteiger partial charge on any atom is 0.177 e. The number of alkyl halides is 1. The lowest BCUT2D eigenvalue weighted by Gasteiger charge is -2.13. The van der Waals surface area contributed by atoms with Gasteiger partial charge in [0.15, 0.2) is 5.67 Å². The first kappa shape index (κ1) is 9.21. The topological polar surface area (TPSA) is 39.2 Å². The second-order valence-corrected chi connectivity index (χ2v) is 3.55. The van der Waals surface area contributed by atoms with E-state index < -0.39 is 5.67 Å². The summed E-state index contributed by atoms with van der Waals surface area (Å²) in [5.74, 6) is 0.293. The van der Waals surface area contributed by atoms with E-state index in [-0.39, 0.29) is 6.54 Å². The average molecular weight is 193 g/mol. The largest absolute Gasteiger partial charge is 0.458 e. The highest BCUT2D eigenvalue weighted by molar-refractivity contribution is 5.77. The Morgan fingerprint density at radius 1 is 1.43 bits per heavy atom. The number of halogens is 1. The Hall–Kier alpha value is -1.35. The van der Waals surface area contributed by atoms with E-state index in [9.17, 15) is 4.39 Å². The molecule has 1 aromatic carbocycles. The van der Waals surface area contributed by atoms with Gasteiger partial charge < -0.3 is 10.2 Å². The predicted octanol–water partition coefficient (Wildman–Crippen LogP) is 2.58. The SMILES string of the molecule is CC(F)(CN)c1cc2ccccc2o1. The molecule has 0 radical (unpaired) electrons. The molecule has 0 fully saturated rings. The van der Waals surface area contributed by atoms with E-state index in [0.29, 0.717) is 11.3 Å². The Kier molecular flexibility index (Phi) is 2.04. The highest BCUT2D eigenvalue weighted by atomic mass is 19.1. The van der Waals surface area contributed by atoms with Gasteiger partial charge in [0.1, 0.15) is 11.3 Å². The lowest BCUT2D eigenvalue weighted by atomic mass is 10.1. The predicted molar refractivity (Wildman–Crippen MR) is 53.7 cm³/mol. The first-order chi connectivity index (χ1) is 6.63. The highest BCUT2D eigenvalue weighted by Gasteiger charge is 2.28. The van der Waals surface area contributed by atoms with Crippen LogP contribution in [0.1, 0.15) is 12.7 Å². The Labute approximate surface area is 81.5 Å². The summed E-state index contributed by atoms with van der Waals surface area (Å²) in [6, 6.07) is 9.13. The third-order valence-corrected chi connectivity index (χ3v) is 2.32. The van der Waals surface area contributed by atoms with Gasteiger partial charge in [-0.25, -0.2) is 4.39 Å². The summed E-state index contributed by atoms with van der Waals surface area (Å²) in [4.78, 5) is 0. The molecule has 0 aliphatic rings. The molecule has 2 rings (SSSR count). The molecule has 1 unspecified atom stereocenters. The van der Waals surface area contributed by atoms with E-state index in [0.717, 1.165) is 5.39 Å². The summed E-state index contributed by atoms with van der Waals surface area (Å²) in [5.41, 5.74) is 4.44. The number of rotatable bonds is 2. The van der Waals surface area contributed by atoms with Crippen LogP contribution in [0.25, 0.3) is 11.0 Å². The highest BCUT2D eigenvalue weighted by Crippen LogP contribution is 2.29. The summed E-state index contributed by atoms with van der Waals surface area (Å²) in [6.07, 6.45) is 0. The second-order valence-electron chi connectivity index (χ2n) is 3.55. The third-order valence-electron chi connectivity index (χ3n) is 2.32. The fraction of sp³-hybridized carbons (Fsp3) is 0.273. The van der Waals surface area contributed by atoms with Crippen LogP contribution in [-0.4, -0.2) is 6.54 Å². The van der Waals surface area contributed by atoms with Gasteiger partial charge in [0.25, 0.3) is 0 Å². The molecule has 1 aromatic heterocycles. The average Bonchev–Trinajstić information content (AvgIpc) is 2.61. The summed E-state index contributed by atoms with van der Waals surface area (Å²) in [6.45, 7) is 1.34. The molecule has 2 nitrogen and oxygen atoms in total. The molecule has 2 aromatic rings. The molecule has 0 aliphatic carbocycles. The van der Waals surface area contributed by atoms with Crippen molar-refractivity contribution in [1.82, 2.24) is 0 Å². The monoisotopic (exact) mass is 193 g/mol. The van der Waals surface area contributed by atoms with Crippen molar-refractivity contribution in [3.8, 4) is 0 Å². The van der Waals surface area contributed by atoms with Gasteiger partial charge in [0.05, 0.1) is 0 Å². The lowest BCUT2D eigenvalue weighted by Crippen LogP contribution is -2.25. The first-order valence-electron chi connectivity index (χ1n) is 4.51. The molecule has 1 heterocycles. The van der Waals surface area contributed by atoms with Gasteiger partial charge in [0.2, 0.25) is 0 Å². The normalized spacial score (nSPS) is 15.6. The zero-order valence-electron chi connectivity index (χ0n) is 7.96. The van der Waals surface area contributed by atoms with Crippen molar-refractivity contribution in [2.24, 2.45) is 5.73 Å². The van der Waals surface area contributed by atoms with Gasteiger partial charge in [-0.1, -0.05) is 18.2 Å². The molecule has 0 aliphatic heterocycles. The van der Waals surface area contributed by atoms with Gasteiger partial charge >= 0.3 is 0 Å². The van der Waals surface area contributed by atoms with Crippen molar-refractivity contribution in [3.63, 3.8) is 0 Å². The fourth-order valence-electron chi connectivity index (χ4n) is 1.34. The van der Waals surface area contributed by atoms with E-state index in [1.807, 2.05) is 24.3 Å². The summed E-state index contributed by atoms with van der Waals surface area (Å²) in [5, 5.41) is 0.903. The van der Waals surface area contributed by atoms with Crippen LogP contribution in [-0.2, 0) is 5.67 Å². The molecule has 0 saturated heterocycles. The number of benzene rings is 1. The number of nitrogens with two attached hydrogens (primary N) is 1. The molecule has 3 heteroatoms. The minimum absolute atomic E-state index is 0.0766. The van der Waals surface area contributed by atoms with Crippen LogP contribution in [0.4, 0.5) is 4.39 Å². The summed E-state index contributed by atoms with van der Waals surface area (Å²) in [7, 11) is 0. The van der Waals surface area contributed by atoms with E-state index >= 15 is 0 Å². The van der Waals surface area contributed by atoms with Crippen LogP contribution in [0.2, 0.25) is 0 Å². The Morgan fingerprint density at radius 3 is 2.79 bits per heavy atom. The molecular formula is C11H12FNO. The van der Waals surface area contributed by atoms with Crippen LogP contribution in [0.3, 0.4) is 0 Å². The minimum atomic E-state index is -1.58. The lowest BCUT2D eigenvalue weighted by molar-refractivity contribution is 0.167. The zero-order valence-corrected chi connectivity index (χ0v) is 7.96. The number of furan rings is 1. The molecule has 0 amide bonds. The number of fused-ring (bicyclic) bond motifs is 1. The standard InChI is InChI=1S/C11H12FNO/c1-11(12,7-13)10-6-8-4-2-3-5-9(8)14-10/h2-6H,7,13H2,1H3. The zero-order chi connectivity index (χ0) is 10.2. The summed E-state index contributed by atoms with van der Waals surface area (Å²) < 4.78 is 19.1. The van der Waals surface area contributed by atoms with E-state index in [4.69, 9.17) is 10.2 Å². The van der Waals surface area contributed by atoms with Crippen molar-refractivity contribution in [2.45, 2.75) is 12.6 Å². The first-order valence-corrected chi connectivity index (χ1v) is 4.51. The molecule has 2 N–H and O–H groups in total. The fourth-order valence-corrected chi connectivity index (χ4v) is 1.34. The van der Waals surface area contributed by atoms with Crippen LogP contribution in [0.5, 0.6) is 0 Å². The Bertz CT molecular complexity index is 414. The van der Waals surface area contributed by atoms with Crippen LogP contribution < -0.4 is 5.73 Å². The Balaban J connectivity index is 2.55. The van der Waals surface area contributed by atoms with Gasteiger partial charge in [-0.3, -0.25) is 0 Å². The minimum Gasteiger partial charge on any atom is -0.458 e. The van der Waals surface area contributed by atoms with E-state index in [2.05, 4.69) is 0 Å². The van der Waals surface area contributed by atoms with Gasteiger partial charge in [-0.2, -0.15) is 0 Å². The third kappa shape index (κ3) is 1.40. The molecule has 74 valence electrons. The van der Waals surface area contributed by atoms with Crippen molar-refractivity contribution >= 4 is 11.0 Å². The molecule has 0 saturated carbocycles. The van der Waals surface area contributed by atoms with Crippen molar-refractivity contribution in [2.75, 3.05) is 6.54 Å². The maximum atomic E-state index is 13.8. The molecule has 0 bridgehead atoms. The number of para-hydroxylation sites is 1. The van der Waals surface area contributed by atoms with Crippen molar-refractivity contribution in [3.05, 3.63) is 36.1 Å². The number of hydrogen-bond donors (Lipinski definition) is 1. The van der Waals surface area contributed by atoms with Crippen molar-refractivity contribution < 1.29 is 8.81 Å². The van der Waals surface area contributed by atoms with Gasteiger partial charge in [-0.15, -0.1) is 0 Å². The van der Waals surface area contributed by atoms with Gasteiger partial charge in [0, 0.05) is 11.9 Å². The van der Waals surface area contributed by atoms with E-state index in [1.54, 1.807) is 6.07 Å². The Morgan fingerprint density at radius 2 is 2.14 bits per heavy atom. The molecule has 14 heavy (non-hydrogen) atoms. The molecular weight excluding hydrogens is 181 g/mol. The number of hydrogen-bond acceptors (Lipinski definition) is 2. The van der Waals surface area contributed by atoms with Gasteiger partial charge in [-0.05, 0) is 19.1 Å². The maximum absolute atomic E-state index is 13.8. The van der Waals surface area contributed by atoms with Crippen LogP contribution in [0, 0.1) is 0 Å². The smallest absolute Gasteiger partial charge is 0.177 e. The molecule has 0 spiro atoms. The molecule has 1 atom stereocenters. The van der Waals surface area contributed by atoms with Crippen molar-refractivity contribution in [1.29, 1.82) is 0 Å².